The van der Waals surface area contributed by atoms with Crippen molar-refractivity contribution in [1.29, 1.82) is 0 Å². The maximum Gasteiger partial charge on any atom is 0.358 e. The summed E-state index contributed by atoms with van der Waals surface area (Å²) >= 11 is 0. The van der Waals surface area contributed by atoms with Gasteiger partial charge in [0.1, 0.15) is 17.3 Å². The van der Waals surface area contributed by atoms with Gasteiger partial charge in [0.25, 0.3) is 5.91 Å². The molecule has 0 aliphatic heterocycles. The summed E-state index contributed by atoms with van der Waals surface area (Å²) in [5.41, 5.74) is 3.72. The Morgan fingerprint density at radius 3 is 1.65 bits per heavy atom. The first-order valence-corrected chi connectivity index (χ1v) is 15.5. The van der Waals surface area contributed by atoms with Crippen molar-refractivity contribution in [2.75, 3.05) is 12.4 Å². The molecule has 2 saturated carbocycles. The summed E-state index contributed by atoms with van der Waals surface area (Å²) in [5.74, 6) is -3.49. The van der Waals surface area contributed by atoms with Gasteiger partial charge in [0.05, 0.1) is 42.3 Å². The van der Waals surface area contributed by atoms with Crippen molar-refractivity contribution in [2.24, 2.45) is 14.1 Å². The lowest BCUT2D eigenvalue weighted by atomic mass is 10.0. The van der Waals surface area contributed by atoms with Crippen LogP contribution < -0.4 is 5.32 Å². The van der Waals surface area contributed by atoms with E-state index in [1.807, 2.05) is 0 Å². The predicted octanol–water partition coefficient (Wildman–Crippen LogP) is 6.33. The fourth-order valence-electron chi connectivity index (χ4n) is 5.46. The Kier molecular flexibility index (Phi) is 9.01. The Hall–Kier alpha value is -5.47. The van der Waals surface area contributed by atoms with Crippen LogP contribution in [-0.4, -0.2) is 53.5 Å². The van der Waals surface area contributed by atoms with Crippen molar-refractivity contribution in [3.05, 3.63) is 94.1 Å². The van der Waals surface area contributed by atoms with E-state index < -0.39 is 29.2 Å². The molecule has 1 amide bonds. The van der Waals surface area contributed by atoms with E-state index in [0.717, 1.165) is 38.1 Å². The number of aryl methyl sites for hydroxylation is 2. The molecular formula is C34H32F4N8O3. The highest BCUT2D eigenvalue weighted by Crippen LogP contribution is 2.42. The van der Waals surface area contributed by atoms with Crippen molar-refractivity contribution >= 4 is 17.6 Å². The second-order valence-corrected chi connectivity index (χ2v) is 12.0. The molecule has 15 heteroatoms. The van der Waals surface area contributed by atoms with Crippen LogP contribution in [0.5, 0.6) is 0 Å². The average molecular weight is 677 g/mol. The number of aromatic nitrogens is 7. The summed E-state index contributed by atoms with van der Waals surface area (Å²) in [7, 11) is 4.59. The first kappa shape index (κ1) is 33.4. The van der Waals surface area contributed by atoms with Gasteiger partial charge in [-0.25, -0.2) is 22.4 Å². The van der Waals surface area contributed by atoms with Gasteiger partial charge in [-0.15, -0.1) is 0 Å². The molecule has 0 spiro atoms. The van der Waals surface area contributed by atoms with E-state index in [1.54, 1.807) is 46.4 Å². The molecule has 7 rings (SSSR count). The Morgan fingerprint density at radius 1 is 0.755 bits per heavy atom. The number of amides is 1. The lowest BCUT2D eigenvalue weighted by Gasteiger charge is -2.09. The van der Waals surface area contributed by atoms with Crippen LogP contribution in [0, 0.1) is 37.1 Å². The van der Waals surface area contributed by atoms with Crippen LogP contribution >= 0.6 is 0 Å². The minimum absolute atomic E-state index is 0.0702. The number of nitrogens with zero attached hydrogens (tertiary/aromatic N) is 7. The highest BCUT2D eigenvalue weighted by molar-refractivity contribution is 6.03. The molecule has 2 aliphatic carbocycles. The highest BCUT2D eigenvalue weighted by atomic mass is 19.1. The van der Waals surface area contributed by atoms with Crippen molar-refractivity contribution < 1.29 is 31.9 Å². The third kappa shape index (κ3) is 6.65. The molecule has 2 fully saturated rings. The average Bonchev–Trinajstić information content (AvgIpc) is 4.02. The standard InChI is InChI=1S/C19H16F3N5O.C15H16FN3O2/c1-9-11(6-24-17(16(9)22)10-3-4-10)15-5-14(26-27(15)2)19(28)25-18-12(20)7-23-8-13(18)21;1-8-10(7-17-14(13(8)16)9-4-5-9)12-6-11(15(20)21-3)18-19(12)2/h5-8,10H,3-4H2,1-2H3,(H,23,25,28);6-7,9H,4-5H2,1-3H3. The van der Waals surface area contributed by atoms with E-state index in [0.29, 0.717) is 45.0 Å². The summed E-state index contributed by atoms with van der Waals surface area (Å²) in [5, 5.41) is 10.3. The van der Waals surface area contributed by atoms with Crippen molar-refractivity contribution in [3.8, 4) is 22.5 Å². The molecule has 0 bridgehead atoms. The monoisotopic (exact) mass is 676 g/mol. The van der Waals surface area contributed by atoms with Crippen molar-refractivity contribution in [1.82, 2.24) is 34.5 Å². The van der Waals surface area contributed by atoms with E-state index >= 15 is 0 Å². The molecule has 0 aromatic carbocycles. The molecular weight excluding hydrogens is 644 g/mol. The zero-order chi connectivity index (χ0) is 35.1. The van der Waals surface area contributed by atoms with Gasteiger partial charge in [0.2, 0.25) is 0 Å². The van der Waals surface area contributed by atoms with Gasteiger partial charge in [-0.05, 0) is 62.8 Å². The van der Waals surface area contributed by atoms with Gasteiger partial charge in [0.15, 0.2) is 23.0 Å². The molecule has 5 heterocycles. The van der Waals surface area contributed by atoms with Gasteiger partial charge in [-0.2, -0.15) is 10.2 Å². The summed E-state index contributed by atoms with van der Waals surface area (Å²) in [6, 6.07) is 3.01. The van der Waals surface area contributed by atoms with Gasteiger partial charge in [-0.1, -0.05) is 0 Å². The van der Waals surface area contributed by atoms with Crippen LogP contribution in [0.4, 0.5) is 23.2 Å². The van der Waals surface area contributed by atoms with Crippen molar-refractivity contribution in [2.45, 2.75) is 51.4 Å². The van der Waals surface area contributed by atoms with E-state index in [1.165, 1.54) is 22.5 Å². The molecule has 0 saturated heterocycles. The molecule has 2 aliphatic rings. The number of anilines is 1. The second kappa shape index (κ2) is 13.2. The van der Waals surface area contributed by atoms with Crippen LogP contribution in [0.1, 0.15) is 81.0 Å². The minimum Gasteiger partial charge on any atom is -0.464 e. The fraction of sp³-hybridized carbons (Fsp3) is 0.324. The maximum atomic E-state index is 14.7. The molecule has 5 aromatic heterocycles. The molecule has 254 valence electrons. The van der Waals surface area contributed by atoms with Gasteiger partial charge in [0, 0.05) is 49.5 Å². The second-order valence-electron chi connectivity index (χ2n) is 12.0. The lowest BCUT2D eigenvalue weighted by molar-refractivity contribution is 0.0593. The number of hydrogen-bond donors (Lipinski definition) is 1. The molecule has 1 N–H and O–H groups in total. The molecule has 11 nitrogen and oxygen atoms in total. The SMILES string of the molecule is COC(=O)c1cc(-c2cnc(C3CC3)c(F)c2C)n(C)n1.Cc1c(-c2cc(C(=O)Nc3c(F)cncc3F)nn2C)cnc(C2CC2)c1F. The highest BCUT2D eigenvalue weighted by Gasteiger charge is 2.31. The van der Waals surface area contributed by atoms with E-state index in [2.05, 4.69) is 35.2 Å². The number of pyridine rings is 3. The lowest BCUT2D eigenvalue weighted by Crippen LogP contribution is -2.15. The van der Waals surface area contributed by atoms with Gasteiger partial charge in [-0.3, -0.25) is 29.1 Å². The Labute approximate surface area is 278 Å². The van der Waals surface area contributed by atoms with Crippen LogP contribution in [0.15, 0.2) is 36.9 Å². The number of halogens is 4. The number of carbonyl (C=O) groups is 2. The topological polar surface area (TPSA) is 130 Å². The van der Waals surface area contributed by atoms with Crippen LogP contribution in [0.25, 0.3) is 22.5 Å². The zero-order valence-corrected chi connectivity index (χ0v) is 27.3. The number of carbonyl (C=O) groups excluding carboxylic acids is 2. The van der Waals surface area contributed by atoms with Crippen LogP contribution in [0.2, 0.25) is 0 Å². The molecule has 5 aromatic rings. The molecule has 49 heavy (non-hydrogen) atoms. The number of nitrogens with one attached hydrogen (secondary N) is 1. The molecule has 0 atom stereocenters. The van der Waals surface area contributed by atoms with E-state index in [-0.39, 0.29) is 34.9 Å². The van der Waals surface area contributed by atoms with Gasteiger partial charge >= 0.3 is 5.97 Å². The number of ether oxygens (including phenoxy) is 1. The maximum absolute atomic E-state index is 14.7. The van der Waals surface area contributed by atoms with Gasteiger partial charge < -0.3 is 10.1 Å². The fourth-order valence-corrected chi connectivity index (χ4v) is 5.46. The first-order chi connectivity index (χ1) is 23.4. The van der Waals surface area contributed by atoms with Crippen LogP contribution in [-0.2, 0) is 18.8 Å². The first-order valence-electron chi connectivity index (χ1n) is 15.5. The third-order valence-corrected chi connectivity index (χ3v) is 8.54. The largest absolute Gasteiger partial charge is 0.464 e. The predicted molar refractivity (Wildman–Crippen MR) is 170 cm³/mol. The summed E-state index contributed by atoms with van der Waals surface area (Å²) in [6.07, 6.45) is 8.67. The number of hydrogen-bond acceptors (Lipinski definition) is 8. The Balaban J connectivity index is 0.000000177. The summed E-state index contributed by atoms with van der Waals surface area (Å²) in [4.78, 5) is 35.8. The molecule has 0 radical (unpaired) electrons. The quantitative estimate of drug-likeness (QED) is 0.157. The smallest absolute Gasteiger partial charge is 0.358 e. The normalized spacial score (nSPS) is 13.9. The van der Waals surface area contributed by atoms with Crippen molar-refractivity contribution in [3.63, 3.8) is 0 Å². The number of rotatable bonds is 7. The number of methoxy groups -OCH3 is 1. The summed E-state index contributed by atoms with van der Waals surface area (Å²) < 4.78 is 64.0. The third-order valence-electron chi connectivity index (χ3n) is 8.54. The zero-order valence-electron chi connectivity index (χ0n) is 27.3. The van der Waals surface area contributed by atoms with E-state index in [9.17, 15) is 27.2 Å². The number of esters is 1. The van der Waals surface area contributed by atoms with E-state index in [4.69, 9.17) is 0 Å². The Bertz CT molecular complexity index is 2080. The minimum atomic E-state index is -0.998. The van der Waals surface area contributed by atoms with Crippen LogP contribution in [0.3, 0.4) is 0 Å². The molecule has 0 unspecified atom stereocenters. The summed E-state index contributed by atoms with van der Waals surface area (Å²) in [6.45, 7) is 3.37. The Morgan fingerprint density at radius 2 is 1.20 bits per heavy atom.